The predicted octanol–water partition coefficient (Wildman–Crippen LogP) is 4.36. The molecule has 0 unspecified atom stereocenters. The molecule has 0 bridgehead atoms. The summed E-state index contributed by atoms with van der Waals surface area (Å²) >= 11 is 1.60. The zero-order chi connectivity index (χ0) is 19.6. The molecule has 3 rings (SSSR count). The molecular formula is C22H27N3OS. The van der Waals surface area contributed by atoms with Gasteiger partial charge in [-0.2, -0.15) is 0 Å². The van der Waals surface area contributed by atoms with Gasteiger partial charge in [0.05, 0.1) is 16.6 Å². The lowest BCUT2D eigenvalue weighted by atomic mass is 10.1. The van der Waals surface area contributed by atoms with E-state index in [0.717, 1.165) is 27.5 Å². The summed E-state index contributed by atoms with van der Waals surface area (Å²) in [5.41, 5.74) is 5.64. The number of thiazole rings is 1. The summed E-state index contributed by atoms with van der Waals surface area (Å²) in [7, 11) is 4.05. The number of hydrogen-bond acceptors (Lipinski definition) is 4. The Bertz CT molecular complexity index is 961. The number of carbonyl (C=O) groups is 1. The molecule has 4 nitrogen and oxygen atoms in total. The summed E-state index contributed by atoms with van der Waals surface area (Å²) in [4.78, 5) is 21.9. The van der Waals surface area contributed by atoms with Gasteiger partial charge in [-0.15, -0.1) is 0 Å². The first-order valence-corrected chi connectivity index (χ1v) is 10.0. The van der Waals surface area contributed by atoms with E-state index in [1.165, 1.54) is 16.7 Å². The quantitative estimate of drug-likeness (QED) is 0.637. The van der Waals surface area contributed by atoms with Crippen LogP contribution in [0, 0.1) is 20.8 Å². The van der Waals surface area contributed by atoms with Crippen molar-refractivity contribution in [3.8, 4) is 0 Å². The van der Waals surface area contributed by atoms with Crippen molar-refractivity contribution in [2.45, 2.75) is 27.2 Å². The van der Waals surface area contributed by atoms with E-state index in [1.807, 2.05) is 31.1 Å². The average Bonchev–Trinajstić information content (AvgIpc) is 3.03. The zero-order valence-corrected chi connectivity index (χ0v) is 17.6. The second-order valence-electron chi connectivity index (χ2n) is 7.37. The van der Waals surface area contributed by atoms with Gasteiger partial charge in [0.1, 0.15) is 0 Å². The molecule has 0 saturated heterocycles. The lowest BCUT2D eigenvalue weighted by Crippen LogP contribution is -2.37. The van der Waals surface area contributed by atoms with E-state index in [9.17, 15) is 4.79 Å². The molecule has 0 aliphatic carbocycles. The summed E-state index contributed by atoms with van der Waals surface area (Å²) in [5.74, 6) is 0.0934. The summed E-state index contributed by atoms with van der Waals surface area (Å²) in [6.45, 7) is 7.68. The molecule has 0 fully saturated rings. The smallest absolute Gasteiger partial charge is 0.233 e. The molecule has 27 heavy (non-hydrogen) atoms. The number of likely N-dealkylation sites (N-methyl/N-ethyl adjacent to an activating group) is 1. The maximum absolute atomic E-state index is 13.1. The first kappa shape index (κ1) is 19.5. The first-order valence-electron chi connectivity index (χ1n) is 9.22. The van der Waals surface area contributed by atoms with E-state index >= 15 is 0 Å². The minimum Gasteiger partial charge on any atom is -0.308 e. The van der Waals surface area contributed by atoms with Crippen LogP contribution in [0.25, 0.3) is 10.2 Å². The van der Waals surface area contributed by atoms with Crippen LogP contribution in [0.4, 0.5) is 5.13 Å². The molecule has 1 amide bonds. The minimum atomic E-state index is 0.0934. The van der Waals surface area contributed by atoms with E-state index in [1.54, 1.807) is 11.3 Å². The van der Waals surface area contributed by atoms with Gasteiger partial charge in [0.15, 0.2) is 5.13 Å². The summed E-state index contributed by atoms with van der Waals surface area (Å²) in [5, 5.41) is 0.790. The number of anilines is 1. The van der Waals surface area contributed by atoms with Gasteiger partial charge >= 0.3 is 0 Å². The second-order valence-corrected chi connectivity index (χ2v) is 8.37. The zero-order valence-electron chi connectivity index (χ0n) is 16.7. The third kappa shape index (κ3) is 4.54. The lowest BCUT2D eigenvalue weighted by molar-refractivity contribution is -0.118. The van der Waals surface area contributed by atoms with Crippen molar-refractivity contribution in [1.29, 1.82) is 0 Å². The van der Waals surface area contributed by atoms with E-state index in [-0.39, 0.29) is 5.91 Å². The van der Waals surface area contributed by atoms with Crippen molar-refractivity contribution in [3.05, 3.63) is 58.7 Å². The Morgan fingerprint density at radius 2 is 1.85 bits per heavy atom. The van der Waals surface area contributed by atoms with E-state index in [0.29, 0.717) is 13.0 Å². The van der Waals surface area contributed by atoms with Crippen molar-refractivity contribution in [2.75, 3.05) is 32.1 Å². The largest absolute Gasteiger partial charge is 0.308 e. The summed E-state index contributed by atoms with van der Waals surface area (Å²) in [6, 6.07) is 12.4. The molecule has 0 aliphatic rings. The van der Waals surface area contributed by atoms with Crippen LogP contribution in [0.1, 0.15) is 22.3 Å². The van der Waals surface area contributed by atoms with Crippen LogP contribution in [-0.4, -0.2) is 43.0 Å². The van der Waals surface area contributed by atoms with Gasteiger partial charge in [-0.25, -0.2) is 4.98 Å². The van der Waals surface area contributed by atoms with E-state index in [2.05, 4.69) is 49.9 Å². The standard InChI is InChI=1S/C22H27N3OS/c1-15-7-6-8-18(13-15)14-20(26)25(12-11-24(4)5)22-23-21-17(3)16(2)9-10-19(21)27-22/h6-10,13H,11-12,14H2,1-5H3. The van der Waals surface area contributed by atoms with Crippen molar-refractivity contribution in [3.63, 3.8) is 0 Å². The van der Waals surface area contributed by atoms with Crippen LogP contribution in [0.3, 0.4) is 0 Å². The Balaban J connectivity index is 1.93. The van der Waals surface area contributed by atoms with Gasteiger partial charge in [-0.3, -0.25) is 9.69 Å². The fraction of sp³-hybridized carbons (Fsp3) is 0.364. The van der Waals surface area contributed by atoms with Crippen molar-refractivity contribution in [2.24, 2.45) is 0 Å². The molecule has 0 aliphatic heterocycles. The molecule has 1 aromatic heterocycles. The van der Waals surface area contributed by atoms with Crippen LogP contribution in [0.2, 0.25) is 0 Å². The Kier molecular flexibility index (Phi) is 5.92. The van der Waals surface area contributed by atoms with Gasteiger partial charge in [0, 0.05) is 13.1 Å². The molecule has 0 saturated carbocycles. The molecule has 2 aromatic carbocycles. The van der Waals surface area contributed by atoms with Crippen molar-refractivity contribution < 1.29 is 4.79 Å². The number of amides is 1. The number of aromatic nitrogens is 1. The highest BCUT2D eigenvalue weighted by molar-refractivity contribution is 7.22. The number of hydrogen-bond donors (Lipinski definition) is 0. The van der Waals surface area contributed by atoms with Crippen LogP contribution in [0.5, 0.6) is 0 Å². The Morgan fingerprint density at radius 3 is 2.56 bits per heavy atom. The number of nitrogens with zero attached hydrogens (tertiary/aromatic N) is 3. The SMILES string of the molecule is Cc1cccc(CC(=O)N(CCN(C)C)c2nc3c(C)c(C)ccc3s2)c1. The molecule has 0 atom stereocenters. The topological polar surface area (TPSA) is 36.4 Å². The number of fused-ring (bicyclic) bond motifs is 1. The van der Waals surface area contributed by atoms with Gasteiger partial charge in [0.2, 0.25) is 5.91 Å². The molecule has 142 valence electrons. The summed E-state index contributed by atoms with van der Waals surface area (Å²) < 4.78 is 1.13. The summed E-state index contributed by atoms with van der Waals surface area (Å²) in [6.07, 6.45) is 0.392. The van der Waals surface area contributed by atoms with Crippen LogP contribution >= 0.6 is 11.3 Å². The molecule has 3 aromatic rings. The third-order valence-corrected chi connectivity index (χ3v) is 5.86. The highest BCUT2D eigenvalue weighted by atomic mass is 32.1. The predicted molar refractivity (Wildman–Crippen MR) is 115 cm³/mol. The maximum Gasteiger partial charge on any atom is 0.233 e. The van der Waals surface area contributed by atoms with E-state index < -0.39 is 0 Å². The van der Waals surface area contributed by atoms with Crippen molar-refractivity contribution >= 4 is 32.6 Å². The minimum absolute atomic E-state index is 0.0934. The number of benzene rings is 2. The highest BCUT2D eigenvalue weighted by Gasteiger charge is 2.21. The highest BCUT2D eigenvalue weighted by Crippen LogP contribution is 2.32. The number of aryl methyl sites for hydroxylation is 3. The Labute approximate surface area is 165 Å². The normalized spacial score (nSPS) is 11.3. The lowest BCUT2D eigenvalue weighted by Gasteiger charge is -2.22. The van der Waals surface area contributed by atoms with Crippen LogP contribution in [0.15, 0.2) is 36.4 Å². The molecule has 5 heteroatoms. The van der Waals surface area contributed by atoms with Crippen LogP contribution in [-0.2, 0) is 11.2 Å². The molecule has 0 N–H and O–H groups in total. The number of carbonyl (C=O) groups excluding carboxylic acids is 1. The average molecular weight is 382 g/mol. The molecular weight excluding hydrogens is 354 g/mol. The van der Waals surface area contributed by atoms with Gasteiger partial charge < -0.3 is 4.90 Å². The molecule has 1 heterocycles. The maximum atomic E-state index is 13.1. The fourth-order valence-corrected chi connectivity index (χ4v) is 4.12. The third-order valence-electron chi connectivity index (χ3n) is 4.81. The van der Waals surface area contributed by atoms with Gasteiger partial charge in [-0.05, 0) is 57.6 Å². The molecule has 0 spiro atoms. The number of rotatable bonds is 6. The second kappa shape index (κ2) is 8.19. The Hall–Kier alpha value is -2.24. The monoisotopic (exact) mass is 381 g/mol. The van der Waals surface area contributed by atoms with E-state index in [4.69, 9.17) is 4.98 Å². The first-order chi connectivity index (χ1) is 12.8. The molecule has 0 radical (unpaired) electrons. The van der Waals surface area contributed by atoms with Crippen molar-refractivity contribution in [1.82, 2.24) is 9.88 Å². The van der Waals surface area contributed by atoms with Gasteiger partial charge in [0.25, 0.3) is 0 Å². The van der Waals surface area contributed by atoms with Gasteiger partial charge in [-0.1, -0.05) is 47.2 Å². The van der Waals surface area contributed by atoms with Crippen LogP contribution < -0.4 is 4.90 Å². The fourth-order valence-electron chi connectivity index (χ4n) is 3.05. The Morgan fingerprint density at radius 1 is 1.07 bits per heavy atom.